The van der Waals surface area contributed by atoms with Crippen molar-refractivity contribution in [2.24, 2.45) is 11.8 Å². The minimum Gasteiger partial charge on any atom is -0.545 e. The molecule has 1 aromatic rings. The predicted octanol–water partition coefficient (Wildman–Crippen LogP) is 0.400. The molecule has 25 heavy (non-hydrogen) atoms. The zero-order valence-electron chi connectivity index (χ0n) is 14.7. The van der Waals surface area contributed by atoms with Crippen molar-refractivity contribution in [2.75, 3.05) is 5.01 Å². The summed E-state index contributed by atoms with van der Waals surface area (Å²) in [5.41, 5.74) is 1.01. The van der Waals surface area contributed by atoms with Gasteiger partial charge in [0.05, 0.1) is 11.7 Å². The van der Waals surface area contributed by atoms with Crippen LogP contribution in [0.1, 0.15) is 27.7 Å². The molecule has 1 rings (SSSR count). The molecule has 2 amide bonds. The van der Waals surface area contributed by atoms with E-state index >= 15 is 0 Å². The number of hydrogen-bond acceptors (Lipinski definition) is 5. The number of aliphatic carboxylic acids is 1. The standard InChI is InChI=1S/C18H24N2O5/c1-12(2)18(25,13(3)4)17(24)19-20(14-8-6-5-7-9-14)15(21)10-11-16(22)23/h5-13,25H,1-4H3,(H,19,24)(H,22,23)/p-1. The van der Waals surface area contributed by atoms with E-state index in [0.29, 0.717) is 11.8 Å². The van der Waals surface area contributed by atoms with E-state index < -0.39 is 35.2 Å². The molecule has 7 nitrogen and oxygen atoms in total. The van der Waals surface area contributed by atoms with Crippen LogP contribution < -0.4 is 15.5 Å². The van der Waals surface area contributed by atoms with Gasteiger partial charge in [0.25, 0.3) is 11.8 Å². The molecule has 0 saturated heterocycles. The molecule has 0 radical (unpaired) electrons. The normalized spacial score (nSPS) is 11.8. The monoisotopic (exact) mass is 347 g/mol. The molecule has 0 heterocycles. The van der Waals surface area contributed by atoms with Crippen LogP contribution in [-0.4, -0.2) is 28.5 Å². The lowest BCUT2D eigenvalue weighted by molar-refractivity contribution is -0.297. The molecule has 0 spiro atoms. The molecule has 0 bridgehead atoms. The minimum absolute atomic E-state index is 0.318. The second-order valence-electron chi connectivity index (χ2n) is 6.24. The van der Waals surface area contributed by atoms with Gasteiger partial charge in [-0.2, -0.15) is 0 Å². The van der Waals surface area contributed by atoms with Gasteiger partial charge in [0.2, 0.25) is 0 Å². The number of nitrogens with zero attached hydrogens (tertiary/aromatic N) is 1. The zero-order valence-corrected chi connectivity index (χ0v) is 14.7. The smallest absolute Gasteiger partial charge is 0.271 e. The van der Waals surface area contributed by atoms with E-state index in [4.69, 9.17) is 0 Å². The van der Waals surface area contributed by atoms with E-state index in [9.17, 15) is 24.6 Å². The molecular formula is C18H23N2O5-. The molecule has 0 aliphatic heterocycles. The van der Waals surface area contributed by atoms with Crippen LogP contribution in [0.25, 0.3) is 0 Å². The van der Waals surface area contributed by atoms with Gasteiger partial charge in [0.15, 0.2) is 0 Å². The van der Waals surface area contributed by atoms with Crippen LogP contribution in [0.15, 0.2) is 42.5 Å². The van der Waals surface area contributed by atoms with E-state index in [1.54, 1.807) is 58.0 Å². The number of aliphatic hydroxyl groups is 1. The van der Waals surface area contributed by atoms with Gasteiger partial charge in [0, 0.05) is 6.08 Å². The number of carbonyl (C=O) groups is 3. The number of carboxylic acid groups (broad SMARTS) is 1. The summed E-state index contributed by atoms with van der Waals surface area (Å²) in [5.74, 6) is -3.89. The molecule has 0 atom stereocenters. The highest BCUT2D eigenvalue weighted by atomic mass is 16.4. The third kappa shape index (κ3) is 4.90. The Hall–Kier alpha value is -2.67. The number of rotatable bonds is 6. The Morgan fingerprint density at radius 1 is 1.08 bits per heavy atom. The van der Waals surface area contributed by atoms with Crippen molar-refractivity contribution in [1.29, 1.82) is 0 Å². The van der Waals surface area contributed by atoms with Gasteiger partial charge in [-0.15, -0.1) is 0 Å². The van der Waals surface area contributed by atoms with Crippen molar-refractivity contribution in [1.82, 2.24) is 5.43 Å². The number of benzene rings is 1. The molecule has 1 aromatic carbocycles. The fourth-order valence-electron chi connectivity index (χ4n) is 2.42. The summed E-state index contributed by atoms with van der Waals surface area (Å²) in [6.45, 7) is 6.79. The van der Waals surface area contributed by atoms with Gasteiger partial charge < -0.3 is 15.0 Å². The number of hydrazine groups is 1. The Bertz CT molecular complexity index is 645. The quantitative estimate of drug-likeness (QED) is 0.572. The van der Waals surface area contributed by atoms with E-state index in [2.05, 4.69) is 5.43 Å². The summed E-state index contributed by atoms with van der Waals surface area (Å²) >= 11 is 0. The average Bonchev–Trinajstić information content (AvgIpc) is 2.56. The van der Waals surface area contributed by atoms with Gasteiger partial charge in [-0.3, -0.25) is 15.0 Å². The first-order chi connectivity index (χ1) is 11.6. The molecular weight excluding hydrogens is 324 g/mol. The Labute approximate surface area is 146 Å². The molecule has 0 saturated carbocycles. The van der Waals surface area contributed by atoms with Gasteiger partial charge in [0.1, 0.15) is 5.60 Å². The number of anilines is 1. The van der Waals surface area contributed by atoms with Gasteiger partial charge in [-0.1, -0.05) is 45.9 Å². The second-order valence-corrected chi connectivity index (χ2v) is 6.24. The summed E-state index contributed by atoms with van der Waals surface area (Å²) in [5, 5.41) is 22.2. The van der Waals surface area contributed by atoms with Crippen molar-refractivity contribution < 1.29 is 24.6 Å². The number of hydrogen-bond donors (Lipinski definition) is 2. The Morgan fingerprint density at radius 2 is 1.60 bits per heavy atom. The maximum absolute atomic E-state index is 12.7. The third-order valence-electron chi connectivity index (χ3n) is 3.93. The molecule has 0 aliphatic carbocycles. The first kappa shape index (κ1) is 20.4. The van der Waals surface area contributed by atoms with Crippen LogP contribution in [0, 0.1) is 11.8 Å². The molecule has 2 N–H and O–H groups in total. The Kier molecular flexibility index (Phi) is 6.87. The van der Waals surface area contributed by atoms with E-state index in [1.807, 2.05) is 0 Å². The highest BCUT2D eigenvalue weighted by Crippen LogP contribution is 2.27. The fraction of sp³-hybridized carbons (Fsp3) is 0.389. The summed E-state index contributed by atoms with van der Waals surface area (Å²) in [6, 6.07) is 8.16. The van der Waals surface area contributed by atoms with Crippen LogP contribution in [0.4, 0.5) is 5.69 Å². The van der Waals surface area contributed by atoms with Crippen molar-refractivity contribution in [3.63, 3.8) is 0 Å². The molecule has 0 aliphatic rings. The average molecular weight is 347 g/mol. The fourth-order valence-corrected chi connectivity index (χ4v) is 2.42. The minimum atomic E-state index is -1.70. The van der Waals surface area contributed by atoms with E-state index in [1.165, 1.54) is 0 Å². The predicted molar refractivity (Wildman–Crippen MR) is 90.8 cm³/mol. The highest BCUT2D eigenvalue weighted by molar-refractivity contribution is 6.05. The number of para-hydroxylation sites is 1. The summed E-state index contributed by atoms with van der Waals surface area (Å²) in [4.78, 5) is 35.5. The second kappa shape index (κ2) is 8.43. The van der Waals surface area contributed by atoms with Crippen molar-refractivity contribution in [2.45, 2.75) is 33.3 Å². The molecule has 0 aromatic heterocycles. The van der Waals surface area contributed by atoms with Crippen LogP contribution in [-0.2, 0) is 14.4 Å². The third-order valence-corrected chi connectivity index (χ3v) is 3.93. The number of carboxylic acids is 1. The lowest BCUT2D eigenvalue weighted by Gasteiger charge is -2.36. The lowest BCUT2D eigenvalue weighted by atomic mass is 9.80. The summed E-state index contributed by atoms with van der Waals surface area (Å²) in [7, 11) is 0. The topological polar surface area (TPSA) is 110 Å². The summed E-state index contributed by atoms with van der Waals surface area (Å²) < 4.78 is 0. The first-order valence-electron chi connectivity index (χ1n) is 7.92. The number of amides is 2. The van der Waals surface area contributed by atoms with Gasteiger partial charge in [-0.25, -0.2) is 5.01 Å². The van der Waals surface area contributed by atoms with Crippen molar-refractivity contribution in [3.05, 3.63) is 42.5 Å². The SMILES string of the molecule is CC(C)C(O)(C(=O)NN(C(=O)C=CC(=O)[O-])c1ccccc1)C(C)C. The van der Waals surface area contributed by atoms with Gasteiger partial charge in [-0.05, 0) is 30.0 Å². The van der Waals surface area contributed by atoms with Crippen LogP contribution in [0.5, 0.6) is 0 Å². The maximum Gasteiger partial charge on any atom is 0.271 e. The van der Waals surface area contributed by atoms with Crippen molar-refractivity contribution >= 4 is 23.5 Å². The Balaban J connectivity index is 3.19. The van der Waals surface area contributed by atoms with Crippen LogP contribution in [0.3, 0.4) is 0 Å². The number of carbonyl (C=O) groups excluding carboxylic acids is 3. The molecule has 0 fully saturated rings. The van der Waals surface area contributed by atoms with E-state index in [0.717, 1.165) is 11.1 Å². The lowest BCUT2D eigenvalue weighted by Crippen LogP contribution is -2.59. The largest absolute Gasteiger partial charge is 0.545 e. The van der Waals surface area contributed by atoms with E-state index in [-0.39, 0.29) is 0 Å². The Morgan fingerprint density at radius 3 is 2.04 bits per heavy atom. The summed E-state index contributed by atoms with van der Waals surface area (Å²) in [6.07, 6.45) is 1.34. The molecule has 7 heteroatoms. The van der Waals surface area contributed by atoms with Crippen molar-refractivity contribution in [3.8, 4) is 0 Å². The van der Waals surface area contributed by atoms with Crippen LogP contribution in [0.2, 0.25) is 0 Å². The zero-order chi connectivity index (χ0) is 19.2. The highest BCUT2D eigenvalue weighted by Gasteiger charge is 2.43. The molecule has 136 valence electrons. The van der Waals surface area contributed by atoms with Gasteiger partial charge >= 0.3 is 0 Å². The maximum atomic E-state index is 12.7. The first-order valence-corrected chi connectivity index (χ1v) is 7.92. The molecule has 0 unspecified atom stereocenters. The van der Waals surface area contributed by atoms with Crippen LogP contribution >= 0.6 is 0 Å². The number of nitrogens with one attached hydrogen (secondary N) is 1.